The maximum Gasteiger partial charge on any atom is 0.416 e. The second kappa shape index (κ2) is 8.14. The Hall–Kier alpha value is -2.81. The maximum absolute atomic E-state index is 13.0. The fourth-order valence-corrected chi connectivity index (χ4v) is 3.35. The predicted octanol–water partition coefficient (Wildman–Crippen LogP) is 5.43. The number of amides is 1. The lowest BCUT2D eigenvalue weighted by atomic mass is 10.0. The smallest absolute Gasteiger partial charge is 0.369 e. The van der Waals surface area contributed by atoms with Crippen molar-refractivity contribution in [2.45, 2.75) is 37.9 Å². The van der Waals surface area contributed by atoms with E-state index in [9.17, 15) is 31.1 Å². The van der Waals surface area contributed by atoms with Gasteiger partial charge in [-0.2, -0.15) is 26.3 Å². The highest BCUT2D eigenvalue weighted by molar-refractivity contribution is 5.90. The van der Waals surface area contributed by atoms with Crippen LogP contribution in [-0.2, 0) is 34.9 Å². The van der Waals surface area contributed by atoms with E-state index in [2.05, 4.69) is 0 Å². The van der Waals surface area contributed by atoms with Crippen molar-refractivity contribution in [3.05, 3.63) is 75.9 Å². The molecule has 2 aromatic rings. The van der Waals surface area contributed by atoms with Crippen LogP contribution in [0.25, 0.3) is 6.08 Å². The standard InChI is InChI=1S/C21H17F6NO2/c22-20(23,24)15-8-13(9-16(10-15)21(25,26)27)11-30-18-5-3-14-7-12(1-4-17(14)18)2-6-19(28)29/h1-2,4,6-10,18H,3,5,11H2,(H2,28,29)/b6-2+. The van der Waals surface area contributed by atoms with Crippen LogP contribution in [0.2, 0.25) is 0 Å². The van der Waals surface area contributed by atoms with Crippen molar-refractivity contribution >= 4 is 12.0 Å². The number of benzene rings is 2. The summed E-state index contributed by atoms with van der Waals surface area (Å²) in [5.41, 5.74) is 4.62. The molecular weight excluding hydrogens is 412 g/mol. The van der Waals surface area contributed by atoms with Gasteiger partial charge in [0.2, 0.25) is 5.91 Å². The van der Waals surface area contributed by atoms with Gasteiger partial charge in [-0.1, -0.05) is 18.2 Å². The summed E-state index contributed by atoms with van der Waals surface area (Å²) >= 11 is 0. The molecule has 3 nitrogen and oxygen atoms in total. The Morgan fingerprint density at radius 2 is 1.67 bits per heavy atom. The molecule has 0 aliphatic heterocycles. The Morgan fingerprint density at radius 3 is 2.23 bits per heavy atom. The Kier molecular flexibility index (Phi) is 5.94. The zero-order valence-corrected chi connectivity index (χ0v) is 15.5. The summed E-state index contributed by atoms with van der Waals surface area (Å²) < 4.78 is 83.6. The second-order valence-corrected chi connectivity index (χ2v) is 6.95. The average molecular weight is 429 g/mol. The minimum Gasteiger partial charge on any atom is -0.369 e. The topological polar surface area (TPSA) is 52.3 Å². The number of aryl methyl sites for hydroxylation is 1. The first kappa shape index (κ1) is 21.9. The Labute approximate surface area is 168 Å². The first-order valence-electron chi connectivity index (χ1n) is 8.94. The van der Waals surface area contributed by atoms with Crippen LogP contribution < -0.4 is 5.73 Å². The first-order chi connectivity index (χ1) is 13.9. The maximum atomic E-state index is 13.0. The molecule has 0 fully saturated rings. The van der Waals surface area contributed by atoms with Crippen LogP contribution in [0.5, 0.6) is 0 Å². The van der Waals surface area contributed by atoms with E-state index in [-0.39, 0.29) is 18.2 Å². The number of ether oxygens (including phenoxy) is 1. The monoisotopic (exact) mass is 429 g/mol. The summed E-state index contributed by atoms with van der Waals surface area (Å²) in [7, 11) is 0. The van der Waals surface area contributed by atoms with E-state index >= 15 is 0 Å². The highest BCUT2D eigenvalue weighted by Crippen LogP contribution is 2.38. The van der Waals surface area contributed by atoms with Gasteiger partial charge in [0.05, 0.1) is 23.8 Å². The molecule has 1 aliphatic rings. The molecule has 2 aromatic carbocycles. The number of hydrogen-bond donors (Lipinski definition) is 1. The highest BCUT2D eigenvalue weighted by atomic mass is 19.4. The quantitative estimate of drug-likeness (QED) is 0.509. The van der Waals surface area contributed by atoms with Gasteiger partial charge in [-0.3, -0.25) is 4.79 Å². The van der Waals surface area contributed by atoms with Gasteiger partial charge >= 0.3 is 12.4 Å². The summed E-state index contributed by atoms with van der Waals surface area (Å²) in [5.74, 6) is -0.587. The number of nitrogens with two attached hydrogens (primary N) is 1. The van der Waals surface area contributed by atoms with Crippen LogP contribution in [-0.4, -0.2) is 5.91 Å². The van der Waals surface area contributed by atoms with Crippen LogP contribution in [0, 0.1) is 0 Å². The number of alkyl halides is 6. The molecule has 9 heteroatoms. The van der Waals surface area contributed by atoms with Crippen LogP contribution in [0.15, 0.2) is 42.5 Å². The van der Waals surface area contributed by atoms with Crippen molar-refractivity contribution in [2.75, 3.05) is 0 Å². The summed E-state index contributed by atoms with van der Waals surface area (Å²) in [6.07, 6.45) is -6.29. The molecule has 1 unspecified atom stereocenters. The van der Waals surface area contributed by atoms with E-state index in [0.717, 1.165) is 16.7 Å². The summed E-state index contributed by atoms with van der Waals surface area (Å²) in [4.78, 5) is 10.8. The third-order valence-electron chi connectivity index (χ3n) is 4.73. The number of primary amides is 1. The molecule has 1 aliphatic carbocycles. The normalized spacial score (nSPS) is 16.8. The zero-order chi connectivity index (χ0) is 22.1. The van der Waals surface area contributed by atoms with E-state index in [1.165, 1.54) is 6.08 Å². The number of carbonyl (C=O) groups excluding carboxylic acids is 1. The molecule has 0 bridgehead atoms. The molecule has 160 valence electrons. The average Bonchev–Trinajstić information content (AvgIpc) is 3.05. The van der Waals surface area contributed by atoms with Crippen molar-refractivity contribution < 1.29 is 35.9 Å². The number of halogens is 6. The van der Waals surface area contributed by atoms with Gasteiger partial charge < -0.3 is 10.5 Å². The third-order valence-corrected chi connectivity index (χ3v) is 4.73. The molecule has 3 rings (SSSR count). The van der Waals surface area contributed by atoms with Crippen LogP contribution >= 0.6 is 0 Å². The SMILES string of the molecule is NC(=O)/C=C/c1ccc2c(c1)CCC2OCc1cc(C(F)(F)F)cc(C(F)(F)F)c1. The van der Waals surface area contributed by atoms with E-state index in [1.54, 1.807) is 18.2 Å². The van der Waals surface area contributed by atoms with Gasteiger partial charge in [-0.25, -0.2) is 0 Å². The van der Waals surface area contributed by atoms with Crippen LogP contribution in [0.3, 0.4) is 0 Å². The molecule has 1 amide bonds. The molecule has 2 N–H and O–H groups in total. The van der Waals surface area contributed by atoms with Gasteiger partial charge in [0.1, 0.15) is 0 Å². The molecular formula is C21H17F6NO2. The second-order valence-electron chi connectivity index (χ2n) is 6.95. The number of fused-ring (bicyclic) bond motifs is 1. The van der Waals surface area contributed by atoms with Crippen molar-refractivity contribution in [1.29, 1.82) is 0 Å². The van der Waals surface area contributed by atoms with Crippen LogP contribution in [0.1, 0.15) is 45.9 Å². The van der Waals surface area contributed by atoms with Crippen molar-refractivity contribution in [1.82, 2.24) is 0 Å². The zero-order valence-electron chi connectivity index (χ0n) is 15.5. The lowest BCUT2D eigenvalue weighted by molar-refractivity contribution is -0.143. The summed E-state index contributed by atoms with van der Waals surface area (Å²) in [6, 6.07) is 6.76. The first-order valence-corrected chi connectivity index (χ1v) is 8.94. The fourth-order valence-electron chi connectivity index (χ4n) is 3.35. The predicted molar refractivity (Wildman–Crippen MR) is 97.0 cm³/mol. The van der Waals surface area contributed by atoms with Crippen molar-refractivity contribution in [2.24, 2.45) is 5.73 Å². The van der Waals surface area contributed by atoms with Gasteiger partial charge in [-0.05, 0) is 59.4 Å². The van der Waals surface area contributed by atoms with Gasteiger partial charge in [0, 0.05) is 6.08 Å². The molecule has 0 saturated heterocycles. The molecule has 0 saturated carbocycles. The van der Waals surface area contributed by atoms with Gasteiger partial charge in [0.25, 0.3) is 0 Å². The lowest BCUT2D eigenvalue weighted by Gasteiger charge is -2.17. The Balaban J connectivity index is 1.78. The van der Waals surface area contributed by atoms with Gasteiger partial charge in [0.15, 0.2) is 0 Å². The Bertz CT molecular complexity index is 946. The Morgan fingerprint density at radius 1 is 1.03 bits per heavy atom. The number of hydrogen-bond acceptors (Lipinski definition) is 2. The molecule has 0 radical (unpaired) electrons. The minimum atomic E-state index is -4.90. The summed E-state index contributed by atoms with van der Waals surface area (Å²) in [6.45, 7) is -0.388. The number of carbonyl (C=O) groups is 1. The van der Waals surface area contributed by atoms with E-state index in [0.29, 0.717) is 25.0 Å². The fraction of sp³-hybridized carbons (Fsp3) is 0.286. The highest BCUT2D eigenvalue weighted by Gasteiger charge is 2.37. The molecule has 30 heavy (non-hydrogen) atoms. The minimum absolute atomic E-state index is 0.0928. The van der Waals surface area contributed by atoms with Crippen molar-refractivity contribution in [3.63, 3.8) is 0 Å². The number of rotatable bonds is 5. The molecule has 0 spiro atoms. The summed E-state index contributed by atoms with van der Waals surface area (Å²) in [5, 5.41) is 0. The van der Waals surface area contributed by atoms with Gasteiger partial charge in [-0.15, -0.1) is 0 Å². The third kappa shape index (κ3) is 5.21. The van der Waals surface area contributed by atoms with E-state index in [1.807, 2.05) is 6.07 Å². The lowest BCUT2D eigenvalue weighted by Crippen LogP contribution is -2.12. The largest absolute Gasteiger partial charge is 0.416 e. The van der Waals surface area contributed by atoms with Crippen LogP contribution in [0.4, 0.5) is 26.3 Å². The van der Waals surface area contributed by atoms with Crippen molar-refractivity contribution in [3.8, 4) is 0 Å². The van der Waals surface area contributed by atoms with E-state index in [4.69, 9.17) is 10.5 Å². The molecule has 1 atom stereocenters. The van der Waals surface area contributed by atoms with E-state index < -0.39 is 35.5 Å². The molecule has 0 heterocycles. The molecule has 0 aromatic heterocycles.